The number of aromatic nitrogens is 3. The van der Waals surface area contributed by atoms with Gasteiger partial charge in [0.05, 0.1) is 16.1 Å². The Morgan fingerprint density at radius 2 is 2.10 bits per heavy atom. The Morgan fingerprint density at radius 3 is 2.81 bits per heavy atom. The molecule has 2 aromatic heterocycles. The summed E-state index contributed by atoms with van der Waals surface area (Å²) in [6, 6.07) is 5.86. The lowest BCUT2D eigenvalue weighted by Gasteiger charge is -2.05. The summed E-state index contributed by atoms with van der Waals surface area (Å²) < 4.78 is 15.4. The molecule has 3 rings (SSSR count). The van der Waals surface area contributed by atoms with Crippen molar-refractivity contribution in [2.75, 3.05) is 0 Å². The average molecular weight is 306 g/mol. The van der Waals surface area contributed by atoms with Crippen LogP contribution in [0.15, 0.2) is 30.5 Å². The first-order chi connectivity index (χ1) is 9.97. The molecule has 0 saturated carbocycles. The molecule has 0 spiro atoms. The predicted molar refractivity (Wildman–Crippen MR) is 75.1 cm³/mol. The summed E-state index contributed by atoms with van der Waals surface area (Å²) in [7, 11) is 0. The van der Waals surface area contributed by atoms with Gasteiger partial charge in [0.1, 0.15) is 5.82 Å². The van der Waals surface area contributed by atoms with Crippen LogP contribution in [0.2, 0.25) is 5.02 Å². The minimum Gasteiger partial charge on any atom is -0.478 e. The maximum absolute atomic E-state index is 14.0. The lowest BCUT2D eigenvalue weighted by molar-refractivity contribution is 0.0696. The largest absolute Gasteiger partial charge is 0.478 e. The van der Waals surface area contributed by atoms with E-state index in [1.165, 1.54) is 22.7 Å². The second kappa shape index (κ2) is 4.82. The summed E-state index contributed by atoms with van der Waals surface area (Å²) in [5.74, 6) is -1.40. The zero-order chi connectivity index (χ0) is 15.1. The van der Waals surface area contributed by atoms with Gasteiger partial charge in [-0.05, 0) is 25.1 Å². The van der Waals surface area contributed by atoms with Crippen LogP contribution in [0.25, 0.3) is 17.0 Å². The molecule has 0 amide bonds. The highest BCUT2D eigenvalue weighted by Crippen LogP contribution is 2.26. The van der Waals surface area contributed by atoms with Gasteiger partial charge in [0.25, 0.3) is 0 Å². The highest BCUT2D eigenvalue weighted by atomic mass is 35.5. The van der Waals surface area contributed by atoms with E-state index in [-0.39, 0.29) is 27.6 Å². The molecule has 0 bridgehead atoms. The van der Waals surface area contributed by atoms with Gasteiger partial charge >= 0.3 is 5.97 Å². The molecule has 21 heavy (non-hydrogen) atoms. The summed E-state index contributed by atoms with van der Waals surface area (Å²) in [5, 5.41) is 17.0. The normalized spacial score (nSPS) is 11.0. The van der Waals surface area contributed by atoms with E-state index in [2.05, 4.69) is 10.2 Å². The Balaban J connectivity index is 2.33. The van der Waals surface area contributed by atoms with Crippen molar-refractivity contribution < 1.29 is 14.3 Å². The van der Waals surface area contributed by atoms with Crippen LogP contribution in [0.1, 0.15) is 15.9 Å². The Bertz CT molecular complexity index is 876. The quantitative estimate of drug-likeness (QED) is 0.789. The molecular weight excluding hydrogens is 297 g/mol. The number of carboxylic acid groups (broad SMARTS) is 1. The number of carboxylic acids is 1. The lowest BCUT2D eigenvalue weighted by atomic mass is 10.1. The van der Waals surface area contributed by atoms with Crippen LogP contribution in [-0.2, 0) is 0 Å². The third-order valence-electron chi connectivity index (χ3n) is 3.07. The number of fused-ring (bicyclic) bond motifs is 1. The molecule has 1 aromatic carbocycles. The van der Waals surface area contributed by atoms with Gasteiger partial charge in [-0.2, -0.15) is 0 Å². The van der Waals surface area contributed by atoms with Crippen LogP contribution in [-0.4, -0.2) is 25.7 Å². The van der Waals surface area contributed by atoms with Gasteiger partial charge in [0.15, 0.2) is 11.5 Å². The number of aromatic carboxylic acids is 1. The number of pyridine rings is 1. The standard InChI is InChI=1S/C14H9ClFN3O2/c1-7-2-3-11(16)9(4-7)12-17-18-13-10(15)5-8(14(20)21)6-19(12)13/h2-6H,1H3,(H,20,21). The van der Waals surface area contributed by atoms with Crippen LogP contribution in [0.3, 0.4) is 0 Å². The summed E-state index contributed by atoms with van der Waals surface area (Å²) in [6.45, 7) is 1.82. The molecule has 0 saturated heterocycles. The lowest BCUT2D eigenvalue weighted by Crippen LogP contribution is -2.01. The van der Waals surface area contributed by atoms with Gasteiger partial charge in [-0.1, -0.05) is 23.2 Å². The van der Waals surface area contributed by atoms with Crippen molar-refractivity contribution in [2.45, 2.75) is 6.92 Å². The number of benzene rings is 1. The van der Waals surface area contributed by atoms with Crippen LogP contribution in [0.4, 0.5) is 4.39 Å². The van der Waals surface area contributed by atoms with Gasteiger partial charge in [0, 0.05) is 6.20 Å². The number of hydrogen-bond acceptors (Lipinski definition) is 3. The highest BCUT2D eigenvalue weighted by molar-refractivity contribution is 6.33. The van der Waals surface area contributed by atoms with E-state index in [9.17, 15) is 9.18 Å². The summed E-state index contributed by atoms with van der Waals surface area (Å²) in [4.78, 5) is 11.1. The third-order valence-corrected chi connectivity index (χ3v) is 3.35. The molecule has 7 heteroatoms. The maximum atomic E-state index is 14.0. The topological polar surface area (TPSA) is 67.5 Å². The number of rotatable bonds is 2. The highest BCUT2D eigenvalue weighted by Gasteiger charge is 2.17. The molecule has 0 atom stereocenters. The van der Waals surface area contributed by atoms with Crippen LogP contribution in [0, 0.1) is 12.7 Å². The summed E-state index contributed by atoms with van der Waals surface area (Å²) in [5.41, 5.74) is 1.34. The average Bonchev–Trinajstić information content (AvgIpc) is 2.85. The molecule has 0 aliphatic rings. The van der Waals surface area contributed by atoms with Crippen molar-refractivity contribution in [1.82, 2.24) is 14.6 Å². The molecule has 0 unspecified atom stereocenters. The van der Waals surface area contributed by atoms with E-state index in [0.29, 0.717) is 0 Å². The number of aryl methyl sites for hydroxylation is 1. The van der Waals surface area contributed by atoms with Crippen LogP contribution >= 0.6 is 11.6 Å². The Kier molecular flexibility index (Phi) is 3.10. The van der Waals surface area contributed by atoms with E-state index in [0.717, 1.165) is 5.56 Å². The number of carbonyl (C=O) groups is 1. The van der Waals surface area contributed by atoms with Crippen molar-refractivity contribution in [2.24, 2.45) is 0 Å². The molecular formula is C14H9ClFN3O2. The van der Waals surface area contributed by atoms with Crippen LogP contribution < -0.4 is 0 Å². The smallest absolute Gasteiger partial charge is 0.337 e. The molecule has 0 radical (unpaired) electrons. The fourth-order valence-corrected chi connectivity index (χ4v) is 2.31. The fourth-order valence-electron chi connectivity index (χ4n) is 2.07. The van der Waals surface area contributed by atoms with Gasteiger partial charge in [-0.3, -0.25) is 4.40 Å². The Labute approximate surface area is 123 Å². The number of hydrogen-bond donors (Lipinski definition) is 1. The SMILES string of the molecule is Cc1ccc(F)c(-c2nnc3c(Cl)cc(C(=O)O)cn23)c1. The first kappa shape index (κ1) is 13.5. The minimum atomic E-state index is -1.14. The van der Waals surface area contributed by atoms with Crippen molar-refractivity contribution in [3.05, 3.63) is 52.4 Å². The summed E-state index contributed by atoms with van der Waals surface area (Å²) >= 11 is 6.00. The fraction of sp³-hybridized carbons (Fsp3) is 0.0714. The second-order valence-electron chi connectivity index (χ2n) is 4.58. The van der Waals surface area contributed by atoms with Crippen LogP contribution in [0.5, 0.6) is 0 Å². The third kappa shape index (κ3) is 2.23. The molecule has 0 aliphatic heterocycles. The molecule has 2 heterocycles. The molecule has 5 nitrogen and oxygen atoms in total. The van der Waals surface area contributed by atoms with E-state index < -0.39 is 11.8 Å². The second-order valence-corrected chi connectivity index (χ2v) is 4.99. The molecule has 1 N–H and O–H groups in total. The first-order valence-corrected chi connectivity index (χ1v) is 6.39. The Morgan fingerprint density at radius 1 is 1.33 bits per heavy atom. The molecule has 106 valence electrons. The van der Waals surface area contributed by atoms with Crippen molar-refractivity contribution in [3.63, 3.8) is 0 Å². The van der Waals surface area contributed by atoms with Gasteiger partial charge in [-0.25, -0.2) is 9.18 Å². The number of halogens is 2. The molecule has 0 fully saturated rings. The van der Waals surface area contributed by atoms with Crippen molar-refractivity contribution in [1.29, 1.82) is 0 Å². The zero-order valence-corrected chi connectivity index (χ0v) is 11.6. The van der Waals surface area contributed by atoms with Crippen molar-refractivity contribution in [3.8, 4) is 11.4 Å². The van der Waals surface area contributed by atoms with Gasteiger partial charge < -0.3 is 5.11 Å². The monoisotopic (exact) mass is 305 g/mol. The van der Waals surface area contributed by atoms with E-state index in [1.54, 1.807) is 12.1 Å². The molecule has 3 aromatic rings. The van der Waals surface area contributed by atoms with E-state index in [4.69, 9.17) is 16.7 Å². The summed E-state index contributed by atoms with van der Waals surface area (Å²) in [6.07, 6.45) is 1.32. The van der Waals surface area contributed by atoms with Gasteiger partial charge in [0.2, 0.25) is 0 Å². The number of nitrogens with zero attached hydrogens (tertiary/aromatic N) is 3. The first-order valence-electron chi connectivity index (χ1n) is 6.01. The van der Waals surface area contributed by atoms with E-state index in [1.807, 2.05) is 6.92 Å². The minimum absolute atomic E-state index is 0.0263. The van der Waals surface area contributed by atoms with E-state index >= 15 is 0 Å². The zero-order valence-electron chi connectivity index (χ0n) is 10.8. The Hall–Kier alpha value is -2.47. The van der Waals surface area contributed by atoms with Gasteiger partial charge in [-0.15, -0.1) is 10.2 Å². The van der Waals surface area contributed by atoms with Crippen molar-refractivity contribution >= 4 is 23.2 Å². The molecule has 0 aliphatic carbocycles. The maximum Gasteiger partial charge on any atom is 0.337 e. The predicted octanol–water partition coefficient (Wildman–Crippen LogP) is 3.20.